The third-order valence-electron chi connectivity index (χ3n) is 3.76. The molecule has 2 aromatic rings. The van der Waals surface area contributed by atoms with E-state index in [1.165, 1.54) is 25.3 Å². The number of alkyl halides is 2. The van der Waals surface area contributed by atoms with Crippen LogP contribution in [0.25, 0.3) is 0 Å². The average molecular weight is 364 g/mol. The van der Waals surface area contributed by atoms with Gasteiger partial charge in [0.25, 0.3) is 5.91 Å². The molecule has 5 nitrogen and oxygen atoms in total. The van der Waals surface area contributed by atoms with Crippen molar-refractivity contribution in [2.75, 3.05) is 20.2 Å². The summed E-state index contributed by atoms with van der Waals surface area (Å²) in [5.41, 5.74) is 6.89. The first kappa shape index (κ1) is 19.7. The highest BCUT2D eigenvalue weighted by atomic mass is 19.3. The fraction of sp³-hybridized carbons (Fsp3) is 0.316. The first-order chi connectivity index (χ1) is 12.5. The molecule has 7 heteroatoms. The highest BCUT2D eigenvalue weighted by Gasteiger charge is 2.19. The van der Waals surface area contributed by atoms with Gasteiger partial charge in [-0.1, -0.05) is 30.3 Å². The van der Waals surface area contributed by atoms with Crippen LogP contribution in [0, 0.1) is 0 Å². The zero-order valence-electron chi connectivity index (χ0n) is 14.5. The molecule has 140 valence electrons. The number of halogens is 2. The van der Waals surface area contributed by atoms with E-state index in [0.29, 0.717) is 31.6 Å². The van der Waals surface area contributed by atoms with E-state index < -0.39 is 6.61 Å². The lowest BCUT2D eigenvalue weighted by Crippen LogP contribution is -2.32. The van der Waals surface area contributed by atoms with Gasteiger partial charge >= 0.3 is 6.61 Å². The Morgan fingerprint density at radius 2 is 1.88 bits per heavy atom. The molecule has 26 heavy (non-hydrogen) atoms. The highest BCUT2D eigenvalue weighted by Crippen LogP contribution is 2.30. The van der Waals surface area contributed by atoms with Gasteiger partial charge < -0.3 is 20.1 Å². The molecule has 0 saturated heterocycles. The molecule has 0 aliphatic rings. The zero-order valence-corrected chi connectivity index (χ0v) is 14.5. The summed E-state index contributed by atoms with van der Waals surface area (Å²) in [5.74, 6) is -0.269. The summed E-state index contributed by atoms with van der Waals surface area (Å²) in [6.07, 6.45) is 0.655. The Kier molecular flexibility index (Phi) is 7.35. The second kappa shape index (κ2) is 9.72. The number of benzene rings is 2. The normalized spacial score (nSPS) is 10.7. The SMILES string of the molecule is COc1cc(C(=O)N(CCCN)Cc2ccccc2)ccc1OC(F)F. The van der Waals surface area contributed by atoms with E-state index >= 15 is 0 Å². The summed E-state index contributed by atoms with van der Waals surface area (Å²) < 4.78 is 34.3. The molecule has 0 fully saturated rings. The minimum absolute atomic E-state index is 0.0784. The first-order valence-corrected chi connectivity index (χ1v) is 8.21. The molecular weight excluding hydrogens is 342 g/mol. The second-order valence-corrected chi connectivity index (χ2v) is 5.60. The molecule has 0 unspecified atom stereocenters. The van der Waals surface area contributed by atoms with Crippen molar-refractivity contribution in [1.29, 1.82) is 0 Å². The van der Waals surface area contributed by atoms with Crippen molar-refractivity contribution < 1.29 is 23.0 Å². The van der Waals surface area contributed by atoms with Crippen LogP contribution in [-0.4, -0.2) is 37.6 Å². The quantitative estimate of drug-likeness (QED) is 0.742. The highest BCUT2D eigenvalue weighted by molar-refractivity contribution is 5.95. The van der Waals surface area contributed by atoms with Crippen molar-refractivity contribution in [2.24, 2.45) is 5.73 Å². The minimum atomic E-state index is -2.97. The number of rotatable bonds is 9. The second-order valence-electron chi connectivity index (χ2n) is 5.60. The Labute approximate surface area is 151 Å². The van der Waals surface area contributed by atoms with Crippen molar-refractivity contribution >= 4 is 5.91 Å². The maximum atomic E-state index is 12.9. The lowest BCUT2D eigenvalue weighted by molar-refractivity contribution is -0.0512. The van der Waals surface area contributed by atoms with E-state index in [1.54, 1.807) is 4.90 Å². The third kappa shape index (κ3) is 5.42. The number of nitrogens with zero attached hydrogens (tertiary/aromatic N) is 1. The average Bonchev–Trinajstić information content (AvgIpc) is 2.65. The van der Waals surface area contributed by atoms with Crippen molar-refractivity contribution in [3.63, 3.8) is 0 Å². The van der Waals surface area contributed by atoms with Crippen LogP contribution in [0.1, 0.15) is 22.3 Å². The largest absolute Gasteiger partial charge is 0.493 e. The third-order valence-corrected chi connectivity index (χ3v) is 3.76. The number of amides is 1. The van der Waals surface area contributed by atoms with Crippen LogP contribution in [0.15, 0.2) is 48.5 Å². The summed E-state index contributed by atoms with van der Waals surface area (Å²) >= 11 is 0. The summed E-state index contributed by atoms with van der Waals surface area (Å²) in [6, 6.07) is 13.7. The smallest absolute Gasteiger partial charge is 0.387 e. The summed E-state index contributed by atoms with van der Waals surface area (Å²) in [5, 5.41) is 0. The molecule has 0 saturated carbocycles. The molecule has 0 radical (unpaired) electrons. The van der Waals surface area contributed by atoms with E-state index in [-0.39, 0.29) is 17.4 Å². The molecule has 1 amide bonds. The molecule has 2 rings (SSSR count). The van der Waals surface area contributed by atoms with Gasteiger partial charge in [0.1, 0.15) is 0 Å². The summed E-state index contributed by atoms with van der Waals surface area (Å²) in [4.78, 5) is 14.6. The van der Waals surface area contributed by atoms with Crippen LogP contribution in [-0.2, 0) is 6.54 Å². The predicted octanol–water partition coefficient (Wildman–Crippen LogP) is 3.29. The van der Waals surface area contributed by atoms with E-state index in [2.05, 4.69) is 4.74 Å². The van der Waals surface area contributed by atoms with Crippen LogP contribution in [0.4, 0.5) is 8.78 Å². The Bertz CT molecular complexity index is 711. The Morgan fingerprint density at radius 1 is 1.15 bits per heavy atom. The zero-order chi connectivity index (χ0) is 18.9. The fourth-order valence-electron chi connectivity index (χ4n) is 2.51. The maximum absolute atomic E-state index is 12.9. The lowest BCUT2D eigenvalue weighted by atomic mass is 10.1. The standard InChI is InChI=1S/C19H22F2N2O3/c1-25-17-12-15(8-9-16(17)26-19(20)21)18(24)23(11-5-10-22)13-14-6-3-2-4-7-14/h2-4,6-9,12,19H,5,10-11,13,22H2,1H3. The number of hydrogen-bond acceptors (Lipinski definition) is 4. The van der Waals surface area contributed by atoms with E-state index in [9.17, 15) is 13.6 Å². The van der Waals surface area contributed by atoms with Gasteiger partial charge in [-0.05, 0) is 36.7 Å². The van der Waals surface area contributed by atoms with E-state index in [1.807, 2.05) is 30.3 Å². The van der Waals surface area contributed by atoms with Gasteiger partial charge in [0, 0.05) is 18.7 Å². The molecule has 0 atom stereocenters. The van der Waals surface area contributed by atoms with Gasteiger partial charge in [-0.25, -0.2) is 0 Å². The Hall–Kier alpha value is -2.67. The van der Waals surface area contributed by atoms with Gasteiger partial charge in [0.2, 0.25) is 0 Å². The van der Waals surface area contributed by atoms with Crippen LogP contribution in [0.5, 0.6) is 11.5 Å². The van der Waals surface area contributed by atoms with Gasteiger partial charge in [-0.15, -0.1) is 0 Å². The lowest BCUT2D eigenvalue weighted by Gasteiger charge is -2.23. The predicted molar refractivity (Wildman–Crippen MR) is 94.5 cm³/mol. The van der Waals surface area contributed by atoms with Gasteiger partial charge in [0.15, 0.2) is 11.5 Å². The molecule has 2 aromatic carbocycles. The van der Waals surface area contributed by atoms with E-state index in [0.717, 1.165) is 5.56 Å². The number of carbonyl (C=O) groups excluding carboxylic acids is 1. The van der Waals surface area contributed by atoms with Crippen LogP contribution < -0.4 is 15.2 Å². The molecule has 0 aromatic heterocycles. The first-order valence-electron chi connectivity index (χ1n) is 8.21. The van der Waals surface area contributed by atoms with Crippen molar-refractivity contribution in [2.45, 2.75) is 19.6 Å². The molecule has 0 aliphatic carbocycles. The van der Waals surface area contributed by atoms with E-state index in [4.69, 9.17) is 10.5 Å². The molecule has 0 spiro atoms. The molecular formula is C19H22F2N2O3. The van der Waals surface area contributed by atoms with Gasteiger partial charge in [0.05, 0.1) is 7.11 Å². The van der Waals surface area contributed by atoms with Gasteiger partial charge in [-0.3, -0.25) is 4.79 Å². The number of ether oxygens (including phenoxy) is 2. The monoisotopic (exact) mass is 364 g/mol. The minimum Gasteiger partial charge on any atom is -0.493 e. The Morgan fingerprint density at radius 3 is 2.50 bits per heavy atom. The molecule has 0 heterocycles. The van der Waals surface area contributed by atoms with Gasteiger partial charge in [-0.2, -0.15) is 8.78 Å². The fourth-order valence-corrected chi connectivity index (χ4v) is 2.51. The topological polar surface area (TPSA) is 64.8 Å². The van der Waals surface area contributed by atoms with Crippen LogP contribution >= 0.6 is 0 Å². The summed E-state index contributed by atoms with van der Waals surface area (Å²) in [7, 11) is 1.33. The van der Waals surface area contributed by atoms with Crippen LogP contribution in [0.2, 0.25) is 0 Å². The maximum Gasteiger partial charge on any atom is 0.387 e. The van der Waals surface area contributed by atoms with Crippen LogP contribution in [0.3, 0.4) is 0 Å². The number of hydrogen-bond donors (Lipinski definition) is 1. The number of nitrogens with two attached hydrogens (primary N) is 1. The number of methoxy groups -OCH3 is 1. The number of carbonyl (C=O) groups is 1. The molecule has 0 aliphatic heterocycles. The Balaban J connectivity index is 2.23. The molecule has 0 bridgehead atoms. The molecule has 2 N–H and O–H groups in total. The van der Waals surface area contributed by atoms with Crippen molar-refractivity contribution in [3.05, 3.63) is 59.7 Å². The van der Waals surface area contributed by atoms with Crippen molar-refractivity contribution in [3.8, 4) is 11.5 Å². The van der Waals surface area contributed by atoms with Crippen molar-refractivity contribution in [1.82, 2.24) is 4.90 Å². The summed E-state index contributed by atoms with van der Waals surface area (Å²) in [6.45, 7) is -1.59.